The number of nitrogens with zero attached hydrogens (tertiary/aromatic N) is 2. The van der Waals surface area contributed by atoms with Crippen LogP contribution in [0.25, 0.3) is 0 Å². The molecule has 0 aromatic rings. The summed E-state index contributed by atoms with van der Waals surface area (Å²) < 4.78 is 4.67. The van der Waals surface area contributed by atoms with Gasteiger partial charge in [0.1, 0.15) is 6.04 Å². The maximum absolute atomic E-state index is 13.7. The summed E-state index contributed by atoms with van der Waals surface area (Å²) in [5.74, 6) is -2.05. The molecule has 0 saturated carbocycles. The number of carbonyl (C=O) groups is 3. The molecule has 7 nitrogen and oxygen atoms in total. The molecule has 2 fully saturated rings. The van der Waals surface area contributed by atoms with E-state index in [1.807, 2.05) is 32.1 Å². The molecule has 2 amide bonds. The molecule has 0 aliphatic carbocycles. The topological polar surface area (TPSA) is 87.2 Å². The molecule has 2 saturated heterocycles. The van der Waals surface area contributed by atoms with Gasteiger partial charge in [0.2, 0.25) is 11.8 Å². The van der Waals surface area contributed by atoms with E-state index in [2.05, 4.69) is 6.08 Å². The van der Waals surface area contributed by atoms with Gasteiger partial charge in [-0.15, -0.1) is 11.8 Å². The van der Waals surface area contributed by atoms with Crippen molar-refractivity contribution in [3.8, 4) is 0 Å². The maximum atomic E-state index is 13.7. The van der Waals surface area contributed by atoms with Crippen molar-refractivity contribution in [2.24, 2.45) is 11.8 Å². The molecule has 0 aromatic heterocycles. The van der Waals surface area contributed by atoms with E-state index >= 15 is 0 Å². The number of ether oxygens (including phenoxy) is 1. The molecule has 1 unspecified atom stereocenters. The second kappa shape index (κ2) is 8.04. The maximum Gasteiger partial charge on any atom is 0.311 e. The minimum Gasteiger partial charge on any atom is -0.465 e. The quantitative estimate of drug-likeness (QED) is 0.533. The number of cyclic esters (lactones) is 1. The molecule has 1 N–H and O–H groups in total. The van der Waals surface area contributed by atoms with Crippen LogP contribution in [0.1, 0.15) is 33.6 Å². The summed E-state index contributed by atoms with van der Waals surface area (Å²) in [4.78, 5) is 43.8. The highest BCUT2D eigenvalue weighted by atomic mass is 32.2. The van der Waals surface area contributed by atoms with Crippen LogP contribution in [0, 0.1) is 11.8 Å². The van der Waals surface area contributed by atoms with E-state index in [0.29, 0.717) is 13.2 Å². The van der Waals surface area contributed by atoms with Crippen LogP contribution in [-0.4, -0.2) is 80.6 Å². The number of amides is 2. The number of fused-ring (bicyclic) bond motifs is 2. The van der Waals surface area contributed by atoms with Crippen LogP contribution in [0.15, 0.2) is 24.3 Å². The fraction of sp³-hybridized carbons (Fsp3) is 0.682. The van der Waals surface area contributed by atoms with Crippen LogP contribution >= 0.6 is 11.8 Å². The highest BCUT2D eigenvalue weighted by Gasteiger charge is 2.71. The van der Waals surface area contributed by atoms with Gasteiger partial charge in [-0.05, 0) is 33.6 Å². The predicted octanol–water partition coefficient (Wildman–Crippen LogP) is 1.36. The summed E-state index contributed by atoms with van der Waals surface area (Å²) in [6.07, 6.45) is 9.58. The molecular weight excluding hydrogens is 404 g/mol. The van der Waals surface area contributed by atoms with Crippen LogP contribution in [-0.2, 0) is 19.1 Å². The van der Waals surface area contributed by atoms with Crippen LogP contribution in [0.2, 0.25) is 0 Å². The van der Waals surface area contributed by atoms with Crippen molar-refractivity contribution in [2.75, 3.05) is 19.8 Å². The minimum absolute atomic E-state index is 0.0220. The number of esters is 1. The summed E-state index contributed by atoms with van der Waals surface area (Å²) in [6.45, 7) is 6.22. The first kappa shape index (κ1) is 21.4. The zero-order chi connectivity index (χ0) is 21.6. The number of hydrogen-bond acceptors (Lipinski definition) is 6. The van der Waals surface area contributed by atoms with Gasteiger partial charge in [-0.2, -0.15) is 0 Å². The molecule has 0 radical (unpaired) electrons. The Kier molecular flexibility index (Phi) is 5.74. The second-order valence-corrected chi connectivity index (χ2v) is 10.3. The van der Waals surface area contributed by atoms with Gasteiger partial charge in [0.25, 0.3) is 0 Å². The lowest BCUT2D eigenvalue weighted by molar-refractivity contribution is -0.153. The summed E-state index contributed by atoms with van der Waals surface area (Å²) >= 11 is 1.53. The lowest BCUT2D eigenvalue weighted by Gasteiger charge is -2.38. The molecule has 4 heterocycles. The van der Waals surface area contributed by atoms with Crippen LogP contribution in [0.3, 0.4) is 0 Å². The Labute approximate surface area is 181 Å². The van der Waals surface area contributed by atoms with Crippen LogP contribution in [0.4, 0.5) is 0 Å². The lowest BCUT2D eigenvalue weighted by atomic mass is 9.78. The fourth-order valence-corrected chi connectivity index (χ4v) is 7.23. The largest absolute Gasteiger partial charge is 0.465 e. The van der Waals surface area contributed by atoms with Crippen LogP contribution < -0.4 is 0 Å². The summed E-state index contributed by atoms with van der Waals surface area (Å²) in [5, 5.41) is 9.63. The molecule has 30 heavy (non-hydrogen) atoms. The number of allylic oxidation sites excluding steroid dienone is 1. The Bertz CT molecular complexity index is 796. The average Bonchev–Trinajstić information content (AvgIpc) is 3.12. The van der Waals surface area contributed by atoms with Crippen molar-refractivity contribution in [2.45, 2.75) is 61.7 Å². The number of hydrogen-bond donors (Lipinski definition) is 1. The molecule has 4 rings (SSSR count). The zero-order valence-corrected chi connectivity index (χ0v) is 18.5. The third-order valence-electron chi connectivity index (χ3n) is 6.68. The van der Waals surface area contributed by atoms with Gasteiger partial charge in [0.15, 0.2) is 0 Å². The van der Waals surface area contributed by atoms with Crippen molar-refractivity contribution < 1.29 is 24.2 Å². The molecular formula is C22H30N2O5S. The van der Waals surface area contributed by atoms with E-state index in [4.69, 9.17) is 4.74 Å². The Morgan fingerprint density at radius 2 is 2.00 bits per heavy atom. The Morgan fingerprint density at radius 3 is 2.70 bits per heavy atom. The Balaban J connectivity index is 1.86. The SMILES string of the molecule is CC(C)N1CC=C[C@]23S[C@H]4/C=C\CCCOC(=O)[C@H]4[C@H]2C(=O)N([C@H](C)CO)C3C1=O. The van der Waals surface area contributed by atoms with Crippen molar-refractivity contribution in [1.29, 1.82) is 0 Å². The van der Waals surface area contributed by atoms with Gasteiger partial charge >= 0.3 is 5.97 Å². The molecule has 8 heteroatoms. The molecule has 4 aliphatic heterocycles. The van der Waals surface area contributed by atoms with Gasteiger partial charge in [-0.3, -0.25) is 14.4 Å². The number of likely N-dealkylation sites (tertiary alicyclic amines) is 1. The standard InChI is InChI=1S/C22H30N2O5S/c1-13(2)23-10-7-9-22-17(19(26)24(14(3)12-25)18(22)20(23)27)16-15(30-22)8-5-4-6-11-29-21(16)28/h5,7-9,13-18,25H,4,6,10-12H2,1-3H3/b8-5-/t14-,15+,16-,17+,18?,22+/m1/s1. The first-order chi connectivity index (χ1) is 14.3. The van der Waals surface area contributed by atoms with E-state index in [0.717, 1.165) is 12.8 Å². The minimum atomic E-state index is -0.848. The predicted molar refractivity (Wildman–Crippen MR) is 114 cm³/mol. The monoisotopic (exact) mass is 434 g/mol. The fourth-order valence-electron chi connectivity index (χ4n) is 5.24. The number of thioether (sulfide) groups is 1. The van der Waals surface area contributed by atoms with Gasteiger partial charge < -0.3 is 19.6 Å². The van der Waals surface area contributed by atoms with E-state index < -0.39 is 28.7 Å². The second-order valence-electron chi connectivity index (χ2n) is 8.84. The first-order valence-electron chi connectivity index (χ1n) is 10.8. The number of aliphatic hydroxyl groups is 1. The average molecular weight is 435 g/mol. The highest BCUT2D eigenvalue weighted by molar-refractivity contribution is 8.02. The van der Waals surface area contributed by atoms with Gasteiger partial charge in [-0.25, -0.2) is 0 Å². The van der Waals surface area contributed by atoms with Crippen molar-refractivity contribution in [1.82, 2.24) is 9.80 Å². The first-order valence-corrected chi connectivity index (χ1v) is 11.6. The van der Waals surface area contributed by atoms with Gasteiger partial charge in [-0.1, -0.05) is 24.3 Å². The van der Waals surface area contributed by atoms with Crippen molar-refractivity contribution >= 4 is 29.5 Å². The summed E-state index contributed by atoms with van der Waals surface area (Å²) in [5.41, 5.74) is 0. The van der Waals surface area contributed by atoms with E-state index in [1.165, 1.54) is 16.7 Å². The molecule has 0 bridgehead atoms. The number of aliphatic hydroxyl groups excluding tert-OH is 1. The molecule has 6 atom stereocenters. The zero-order valence-electron chi connectivity index (χ0n) is 17.7. The molecule has 164 valence electrons. The summed E-state index contributed by atoms with van der Waals surface area (Å²) in [7, 11) is 0. The van der Waals surface area contributed by atoms with Gasteiger partial charge in [0.05, 0.1) is 35.8 Å². The van der Waals surface area contributed by atoms with E-state index in [-0.39, 0.29) is 35.7 Å². The molecule has 1 spiro atoms. The summed E-state index contributed by atoms with van der Waals surface area (Å²) in [6, 6.07) is -1.29. The Hall–Kier alpha value is -1.80. The van der Waals surface area contributed by atoms with Gasteiger partial charge in [0, 0.05) is 17.8 Å². The number of carbonyl (C=O) groups excluding carboxylic acids is 3. The molecule has 4 aliphatic rings. The third kappa shape index (κ3) is 3.11. The molecule has 0 aromatic carbocycles. The lowest BCUT2D eigenvalue weighted by Crippen LogP contribution is -2.57. The number of rotatable bonds is 3. The van der Waals surface area contributed by atoms with Crippen molar-refractivity contribution in [3.63, 3.8) is 0 Å². The van der Waals surface area contributed by atoms with E-state index in [9.17, 15) is 19.5 Å². The normalized spacial score (nSPS) is 38.2. The smallest absolute Gasteiger partial charge is 0.311 e. The highest BCUT2D eigenvalue weighted by Crippen LogP contribution is 2.61. The third-order valence-corrected chi connectivity index (χ3v) is 8.43. The van der Waals surface area contributed by atoms with Crippen molar-refractivity contribution in [3.05, 3.63) is 24.3 Å². The van der Waals surface area contributed by atoms with Crippen LogP contribution in [0.5, 0.6) is 0 Å². The van der Waals surface area contributed by atoms with E-state index in [1.54, 1.807) is 11.8 Å². The Morgan fingerprint density at radius 1 is 1.23 bits per heavy atom.